The van der Waals surface area contributed by atoms with Gasteiger partial charge in [0.2, 0.25) is 0 Å². The molecular formula is C38H28N2O. The van der Waals surface area contributed by atoms with Crippen LogP contribution in [-0.4, -0.2) is 9.97 Å². The Hall–Kier alpha value is -5.02. The molecule has 2 aromatic heterocycles. The maximum atomic E-state index is 6.08. The van der Waals surface area contributed by atoms with Gasteiger partial charge in [-0.05, 0) is 46.2 Å². The fourth-order valence-corrected chi connectivity index (χ4v) is 6.14. The third-order valence-corrected chi connectivity index (χ3v) is 8.11. The van der Waals surface area contributed by atoms with E-state index in [0.717, 1.165) is 71.8 Å². The highest BCUT2D eigenvalue weighted by Gasteiger charge is 2.25. The molecule has 0 fully saturated rings. The molecule has 41 heavy (non-hydrogen) atoms. The van der Waals surface area contributed by atoms with Crippen molar-refractivity contribution < 1.29 is 4.42 Å². The van der Waals surface area contributed by atoms with Crippen LogP contribution >= 0.6 is 0 Å². The van der Waals surface area contributed by atoms with E-state index >= 15 is 0 Å². The number of aromatic nitrogens is 2. The van der Waals surface area contributed by atoms with E-state index in [9.17, 15) is 0 Å². The highest BCUT2D eigenvalue weighted by molar-refractivity contribution is 6.23. The van der Waals surface area contributed by atoms with Crippen LogP contribution in [0.15, 0.2) is 120 Å². The maximum absolute atomic E-state index is 6.08. The Morgan fingerprint density at radius 1 is 0.463 bits per heavy atom. The second-order valence-corrected chi connectivity index (χ2v) is 11.8. The topological polar surface area (TPSA) is 38.9 Å². The Morgan fingerprint density at radius 3 is 1.73 bits per heavy atom. The van der Waals surface area contributed by atoms with Crippen LogP contribution in [0.5, 0.6) is 0 Å². The number of hydrogen-bond donors (Lipinski definition) is 0. The van der Waals surface area contributed by atoms with Crippen molar-refractivity contribution in [3.63, 3.8) is 0 Å². The number of fused-ring (bicyclic) bond motifs is 9. The largest absolute Gasteiger partial charge is 0.456 e. The van der Waals surface area contributed by atoms with Gasteiger partial charge in [-0.15, -0.1) is 0 Å². The van der Waals surface area contributed by atoms with E-state index in [1.165, 1.54) is 10.8 Å². The fourth-order valence-electron chi connectivity index (χ4n) is 6.14. The van der Waals surface area contributed by atoms with Gasteiger partial charge in [-0.1, -0.05) is 112 Å². The summed E-state index contributed by atoms with van der Waals surface area (Å²) in [4.78, 5) is 10.8. The summed E-state index contributed by atoms with van der Waals surface area (Å²) in [5, 5.41) is 6.94. The number of hydrogen-bond acceptors (Lipinski definition) is 3. The van der Waals surface area contributed by atoms with Gasteiger partial charge in [0.25, 0.3) is 0 Å². The molecule has 0 spiro atoms. The molecular weight excluding hydrogens is 500 g/mol. The smallest absolute Gasteiger partial charge is 0.135 e. The first-order valence-electron chi connectivity index (χ1n) is 14.1. The molecule has 8 rings (SSSR count). The number of nitrogens with zero attached hydrogens (tertiary/aromatic N) is 2. The van der Waals surface area contributed by atoms with Crippen LogP contribution in [0.1, 0.15) is 26.5 Å². The van der Waals surface area contributed by atoms with Gasteiger partial charge in [0.15, 0.2) is 0 Å². The highest BCUT2D eigenvalue weighted by atomic mass is 16.3. The van der Waals surface area contributed by atoms with E-state index in [4.69, 9.17) is 14.4 Å². The van der Waals surface area contributed by atoms with Gasteiger partial charge in [0, 0.05) is 32.5 Å². The average molecular weight is 529 g/mol. The van der Waals surface area contributed by atoms with Crippen LogP contribution < -0.4 is 0 Å². The molecule has 196 valence electrons. The van der Waals surface area contributed by atoms with E-state index in [-0.39, 0.29) is 5.41 Å². The van der Waals surface area contributed by atoms with Gasteiger partial charge in [-0.3, -0.25) is 0 Å². The monoisotopic (exact) mass is 528 g/mol. The lowest BCUT2D eigenvalue weighted by atomic mass is 9.87. The minimum Gasteiger partial charge on any atom is -0.456 e. The fraction of sp³-hybridized carbons (Fsp3) is 0.105. The third-order valence-electron chi connectivity index (χ3n) is 8.11. The lowest BCUT2D eigenvalue weighted by Crippen LogP contribution is -2.16. The van der Waals surface area contributed by atoms with Crippen molar-refractivity contribution in [3.05, 3.63) is 121 Å². The molecule has 2 heterocycles. The van der Waals surface area contributed by atoms with Crippen LogP contribution in [0.3, 0.4) is 0 Å². The summed E-state index contributed by atoms with van der Waals surface area (Å²) in [7, 11) is 0. The predicted molar refractivity (Wildman–Crippen MR) is 171 cm³/mol. The van der Waals surface area contributed by atoms with Crippen molar-refractivity contribution >= 4 is 54.5 Å². The van der Waals surface area contributed by atoms with Crippen LogP contribution in [0.2, 0.25) is 0 Å². The second kappa shape index (κ2) is 8.74. The minimum atomic E-state index is -0.201. The van der Waals surface area contributed by atoms with Gasteiger partial charge < -0.3 is 4.42 Å². The summed E-state index contributed by atoms with van der Waals surface area (Å²) in [5.74, 6) is 0. The summed E-state index contributed by atoms with van der Waals surface area (Å²) in [6, 6.07) is 40.4. The Morgan fingerprint density at radius 2 is 1.02 bits per heavy atom. The normalized spacial score (nSPS) is 12.3. The predicted octanol–water partition coefficient (Wildman–Crippen LogP) is 10.5. The van der Waals surface area contributed by atoms with Crippen molar-refractivity contribution in [2.24, 2.45) is 0 Å². The lowest BCUT2D eigenvalue weighted by molar-refractivity contribution is 0.571. The van der Waals surface area contributed by atoms with Gasteiger partial charge in [0.05, 0.1) is 22.4 Å². The molecule has 0 saturated carbocycles. The van der Waals surface area contributed by atoms with E-state index in [1.54, 1.807) is 0 Å². The molecule has 6 aromatic carbocycles. The number of para-hydroxylation sites is 1. The Kier molecular flexibility index (Phi) is 5.08. The Bertz CT molecular complexity index is 2300. The van der Waals surface area contributed by atoms with Gasteiger partial charge >= 0.3 is 0 Å². The summed E-state index contributed by atoms with van der Waals surface area (Å²) in [6.45, 7) is 6.66. The van der Waals surface area contributed by atoms with Crippen molar-refractivity contribution in [1.82, 2.24) is 9.97 Å². The van der Waals surface area contributed by atoms with Gasteiger partial charge in [0.1, 0.15) is 11.2 Å². The SMILES string of the molecule is CC(C)(C)c1nc2c3ccccc3c3ccccc3c2nc1-c1cccc(-c2ccc3oc4ccccc4c3c2)c1. The van der Waals surface area contributed by atoms with E-state index < -0.39 is 0 Å². The van der Waals surface area contributed by atoms with Gasteiger partial charge in [-0.2, -0.15) is 0 Å². The zero-order valence-corrected chi connectivity index (χ0v) is 23.3. The molecule has 0 aliphatic heterocycles. The van der Waals surface area contributed by atoms with Crippen LogP contribution in [0.4, 0.5) is 0 Å². The van der Waals surface area contributed by atoms with Crippen LogP contribution in [-0.2, 0) is 5.41 Å². The highest BCUT2D eigenvalue weighted by Crippen LogP contribution is 2.39. The van der Waals surface area contributed by atoms with E-state index in [1.807, 2.05) is 12.1 Å². The van der Waals surface area contributed by atoms with Crippen LogP contribution in [0.25, 0.3) is 76.9 Å². The molecule has 0 bridgehead atoms. The summed E-state index contributed by atoms with van der Waals surface area (Å²) in [5.41, 5.74) is 8.80. The molecule has 0 aliphatic carbocycles. The van der Waals surface area contributed by atoms with Gasteiger partial charge in [-0.25, -0.2) is 9.97 Å². The average Bonchev–Trinajstić information content (AvgIpc) is 3.38. The zero-order valence-electron chi connectivity index (χ0n) is 23.3. The minimum absolute atomic E-state index is 0.201. The second-order valence-electron chi connectivity index (χ2n) is 11.8. The molecule has 3 nitrogen and oxygen atoms in total. The first kappa shape index (κ1) is 23.8. The van der Waals surface area contributed by atoms with Crippen LogP contribution in [0, 0.1) is 0 Å². The van der Waals surface area contributed by atoms with Crippen molar-refractivity contribution in [1.29, 1.82) is 0 Å². The Balaban J connectivity index is 1.38. The quantitative estimate of drug-likeness (QED) is 0.210. The summed E-state index contributed by atoms with van der Waals surface area (Å²) < 4.78 is 6.08. The molecule has 0 radical (unpaired) electrons. The molecule has 0 unspecified atom stereocenters. The zero-order chi connectivity index (χ0) is 27.7. The summed E-state index contributed by atoms with van der Waals surface area (Å²) in [6.07, 6.45) is 0. The van der Waals surface area contributed by atoms with Crippen molar-refractivity contribution in [3.8, 4) is 22.4 Å². The lowest BCUT2D eigenvalue weighted by Gasteiger charge is -2.23. The molecule has 0 N–H and O–H groups in total. The molecule has 0 atom stereocenters. The van der Waals surface area contributed by atoms with Crippen molar-refractivity contribution in [2.75, 3.05) is 0 Å². The number of benzene rings is 6. The van der Waals surface area contributed by atoms with Crippen molar-refractivity contribution in [2.45, 2.75) is 26.2 Å². The third kappa shape index (κ3) is 3.73. The first-order valence-corrected chi connectivity index (χ1v) is 14.1. The standard InChI is InChI=1S/C38H28N2O/c1-38(2,3)37-34(39-35-29-16-6-4-13-26(29)27-14-5-7-17-30(27)36(35)40-37)25-12-10-11-23(21-25)24-19-20-33-31(22-24)28-15-8-9-18-32(28)41-33/h4-22H,1-3H3. The first-order chi connectivity index (χ1) is 20.0. The molecule has 3 heteroatoms. The van der Waals surface area contributed by atoms with E-state index in [0.29, 0.717) is 0 Å². The maximum Gasteiger partial charge on any atom is 0.135 e. The molecule has 0 saturated heterocycles. The Labute approximate surface area is 238 Å². The summed E-state index contributed by atoms with van der Waals surface area (Å²) >= 11 is 0. The number of furan rings is 1. The molecule has 0 amide bonds. The van der Waals surface area contributed by atoms with E-state index in [2.05, 4.69) is 124 Å². The molecule has 8 aromatic rings. The molecule has 0 aliphatic rings. The number of rotatable bonds is 2.